The van der Waals surface area contributed by atoms with Gasteiger partial charge in [0.2, 0.25) is 5.88 Å². The van der Waals surface area contributed by atoms with Gasteiger partial charge in [-0.1, -0.05) is 0 Å². The van der Waals surface area contributed by atoms with Crippen molar-refractivity contribution in [2.24, 2.45) is 0 Å². The van der Waals surface area contributed by atoms with Crippen molar-refractivity contribution in [1.29, 1.82) is 0 Å². The minimum Gasteiger partial charge on any atom is -0.481 e. The molecule has 0 fully saturated rings. The van der Waals surface area contributed by atoms with Gasteiger partial charge in [-0.2, -0.15) is 5.48 Å². The second kappa shape index (κ2) is 5.87. The summed E-state index contributed by atoms with van der Waals surface area (Å²) in [6.07, 6.45) is -0.852. The van der Waals surface area contributed by atoms with Crippen LogP contribution in [-0.2, 0) is 19.2 Å². The number of nitrogens with one attached hydrogen (secondary N) is 1. The van der Waals surface area contributed by atoms with Crippen LogP contribution in [0.4, 0.5) is 5.88 Å². The number of hydrogen-bond donors (Lipinski definition) is 4. The number of anilines is 1. The number of carboxylic acids is 2. The van der Waals surface area contributed by atoms with Gasteiger partial charge in [0.1, 0.15) is 0 Å². The molecule has 0 radical (unpaired) electrons. The van der Waals surface area contributed by atoms with Gasteiger partial charge in [-0.15, -0.1) is 0 Å². The molecule has 1 rings (SSSR count). The van der Waals surface area contributed by atoms with Crippen LogP contribution in [0, 0.1) is 0 Å². The molecule has 1 atom stereocenters. The van der Waals surface area contributed by atoms with Crippen LogP contribution in [0.5, 0.6) is 0 Å². The van der Waals surface area contributed by atoms with Gasteiger partial charge in [0.05, 0.1) is 19.1 Å². The molecule has 104 valence electrons. The highest BCUT2D eigenvalue weighted by atomic mass is 16.7. The molecule has 9 nitrogen and oxygen atoms in total. The van der Waals surface area contributed by atoms with E-state index in [4.69, 9.17) is 14.6 Å². The summed E-state index contributed by atoms with van der Waals surface area (Å²) in [7, 11) is 0. The normalized spacial score (nSPS) is 13.3. The van der Waals surface area contributed by atoms with Gasteiger partial charge in [0.25, 0.3) is 0 Å². The van der Waals surface area contributed by atoms with E-state index in [9.17, 15) is 19.5 Å². The minimum absolute atomic E-state index is 0.0884. The third-order valence-corrected chi connectivity index (χ3v) is 2.07. The Kier molecular flexibility index (Phi) is 4.48. The number of carbonyl (C=O) groups excluding carboxylic acids is 1. The van der Waals surface area contributed by atoms with Gasteiger partial charge in [0, 0.05) is 6.07 Å². The number of carbonyl (C=O) groups is 3. The molecule has 0 aliphatic carbocycles. The Morgan fingerprint density at radius 1 is 1.32 bits per heavy atom. The van der Waals surface area contributed by atoms with E-state index in [0.29, 0.717) is 0 Å². The molecule has 1 unspecified atom stereocenters. The first-order valence-electron chi connectivity index (χ1n) is 5.00. The summed E-state index contributed by atoms with van der Waals surface area (Å²) in [6, 6.07) is 2.93. The molecule has 1 aromatic rings. The molecule has 0 spiro atoms. The van der Waals surface area contributed by atoms with Crippen molar-refractivity contribution in [1.82, 2.24) is 0 Å². The molecule has 9 heteroatoms. The maximum absolute atomic E-state index is 11.3. The largest absolute Gasteiger partial charge is 0.481 e. The molecule has 0 saturated carbocycles. The smallest absolute Gasteiger partial charge is 0.336 e. The number of hydrogen-bond acceptors (Lipinski definition) is 7. The standard InChI is InChI=1S/C10H11NO8/c12-7(13)4-10(17,9(15)16)5-8(14)19-11-6-2-1-3-18-6/h1-3,11,17H,4-5H2,(H,12,13)(H,15,16). The number of rotatable bonds is 7. The van der Waals surface area contributed by atoms with Crippen LogP contribution in [-0.4, -0.2) is 38.8 Å². The lowest BCUT2D eigenvalue weighted by molar-refractivity contribution is -0.171. The molecule has 0 aliphatic rings. The van der Waals surface area contributed by atoms with Gasteiger partial charge in [-0.3, -0.25) is 4.79 Å². The average Bonchev–Trinajstić information content (AvgIpc) is 2.77. The summed E-state index contributed by atoms with van der Waals surface area (Å²) in [5.74, 6) is -4.45. The molecular weight excluding hydrogens is 262 g/mol. The van der Waals surface area contributed by atoms with Crippen LogP contribution in [0.1, 0.15) is 12.8 Å². The van der Waals surface area contributed by atoms with E-state index in [1.807, 2.05) is 0 Å². The third kappa shape index (κ3) is 4.32. The molecule has 0 saturated heterocycles. The van der Waals surface area contributed by atoms with E-state index < -0.39 is 36.4 Å². The van der Waals surface area contributed by atoms with Crippen LogP contribution < -0.4 is 5.48 Å². The monoisotopic (exact) mass is 273 g/mol. The Morgan fingerprint density at radius 2 is 2.00 bits per heavy atom. The van der Waals surface area contributed by atoms with Crippen LogP contribution in [0.25, 0.3) is 0 Å². The fraction of sp³-hybridized carbons (Fsp3) is 0.300. The van der Waals surface area contributed by atoms with Crippen molar-refractivity contribution < 1.29 is 39.0 Å². The quantitative estimate of drug-likeness (QED) is 0.497. The first kappa shape index (κ1) is 14.5. The van der Waals surface area contributed by atoms with Crippen molar-refractivity contribution in [3.05, 3.63) is 18.4 Å². The number of aliphatic carboxylic acids is 2. The first-order valence-corrected chi connectivity index (χ1v) is 5.00. The molecule has 1 heterocycles. The van der Waals surface area contributed by atoms with E-state index >= 15 is 0 Å². The lowest BCUT2D eigenvalue weighted by Crippen LogP contribution is -2.43. The SMILES string of the molecule is O=C(O)CC(O)(CC(=O)ONc1ccco1)C(=O)O. The van der Waals surface area contributed by atoms with Crippen LogP contribution in [0.3, 0.4) is 0 Å². The predicted molar refractivity (Wildman–Crippen MR) is 57.9 cm³/mol. The Balaban J connectivity index is 2.56. The Hall–Kier alpha value is -2.55. The van der Waals surface area contributed by atoms with Gasteiger partial charge >= 0.3 is 17.9 Å². The van der Waals surface area contributed by atoms with E-state index in [2.05, 4.69) is 10.3 Å². The number of aliphatic hydroxyl groups is 1. The lowest BCUT2D eigenvalue weighted by Gasteiger charge is -2.19. The number of furan rings is 1. The van der Waals surface area contributed by atoms with Gasteiger partial charge in [-0.05, 0) is 6.07 Å². The lowest BCUT2D eigenvalue weighted by atomic mass is 9.96. The summed E-state index contributed by atoms with van der Waals surface area (Å²) in [4.78, 5) is 36.9. The molecule has 0 aliphatic heterocycles. The Bertz CT molecular complexity index is 468. The molecule has 0 amide bonds. The van der Waals surface area contributed by atoms with E-state index in [-0.39, 0.29) is 5.88 Å². The van der Waals surface area contributed by atoms with E-state index in [1.165, 1.54) is 18.4 Å². The molecule has 19 heavy (non-hydrogen) atoms. The first-order chi connectivity index (χ1) is 8.83. The summed E-state index contributed by atoms with van der Waals surface area (Å²) in [5.41, 5.74) is -0.657. The molecule has 0 bridgehead atoms. The Morgan fingerprint density at radius 3 is 2.47 bits per heavy atom. The zero-order valence-electron chi connectivity index (χ0n) is 9.53. The van der Waals surface area contributed by atoms with E-state index in [0.717, 1.165) is 0 Å². The highest BCUT2D eigenvalue weighted by Gasteiger charge is 2.41. The maximum Gasteiger partial charge on any atom is 0.336 e. The Labute approximate surface area is 106 Å². The molecule has 0 aromatic carbocycles. The molecule has 4 N–H and O–H groups in total. The van der Waals surface area contributed by atoms with Gasteiger partial charge < -0.3 is 24.6 Å². The molecular formula is C10H11NO8. The zero-order valence-corrected chi connectivity index (χ0v) is 9.53. The highest BCUT2D eigenvalue weighted by Crippen LogP contribution is 2.17. The second-order valence-electron chi connectivity index (χ2n) is 3.64. The predicted octanol–water partition coefficient (Wildman–Crippen LogP) is -0.170. The van der Waals surface area contributed by atoms with Crippen molar-refractivity contribution >= 4 is 23.8 Å². The fourth-order valence-corrected chi connectivity index (χ4v) is 1.18. The van der Waals surface area contributed by atoms with Crippen LogP contribution >= 0.6 is 0 Å². The maximum atomic E-state index is 11.3. The molecule has 1 aromatic heterocycles. The summed E-state index contributed by atoms with van der Waals surface area (Å²) >= 11 is 0. The van der Waals surface area contributed by atoms with Crippen LogP contribution in [0.15, 0.2) is 22.8 Å². The minimum atomic E-state index is -2.73. The van der Waals surface area contributed by atoms with Gasteiger partial charge in [0.15, 0.2) is 5.60 Å². The summed E-state index contributed by atoms with van der Waals surface area (Å²) < 4.78 is 4.76. The average molecular weight is 273 g/mol. The van der Waals surface area contributed by atoms with Gasteiger partial charge in [-0.25, -0.2) is 9.59 Å². The van der Waals surface area contributed by atoms with Crippen LogP contribution in [0.2, 0.25) is 0 Å². The number of carboxylic acid groups (broad SMARTS) is 2. The van der Waals surface area contributed by atoms with E-state index in [1.54, 1.807) is 0 Å². The fourth-order valence-electron chi connectivity index (χ4n) is 1.18. The van der Waals surface area contributed by atoms with Crippen molar-refractivity contribution in [3.63, 3.8) is 0 Å². The van der Waals surface area contributed by atoms with Crippen molar-refractivity contribution in [3.8, 4) is 0 Å². The van der Waals surface area contributed by atoms with Crippen molar-refractivity contribution in [2.75, 3.05) is 5.48 Å². The third-order valence-electron chi connectivity index (χ3n) is 2.07. The highest BCUT2D eigenvalue weighted by molar-refractivity contribution is 5.88. The van der Waals surface area contributed by atoms with Crippen molar-refractivity contribution in [2.45, 2.75) is 18.4 Å². The summed E-state index contributed by atoms with van der Waals surface area (Å²) in [5, 5.41) is 26.8. The summed E-state index contributed by atoms with van der Waals surface area (Å²) in [6.45, 7) is 0. The topological polar surface area (TPSA) is 146 Å². The second-order valence-corrected chi connectivity index (χ2v) is 3.64. The zero-order chi connectivity index (χ0) is 14.5.